The maximum atomic E-state index is 12.5. The second-order valence-electron chi connectivity index (χ2n) is 5.96. The summed E-state index contributed by atoms with van der Waals surface area (Å²) in [5, 5.41) is 7.70. The average molecular weight is 439 g/mol. The van der Waals surface area contributed by atoms with Crippen molar-refractivity contribution in [2.45, 2.75) is 18.4 Å². The summed E-state index contributed by atoms with van der Waals surface area (Å²) in [4.78, 5) is 11.1. The number of amides is 1. The predicted molar refractivity (Wildman–Crippen MR) is 109 cm³/mol. The molecule has 2 N–H and O–H groups in total. The Morgan fingerprint density at radius 2 is 1.79 bits per heavy atom. The van der Waals surface area contributed by atoms with E-state index in [9.17, 15) is 13.2 Å². The van der Waals surface area contributed by atoms with E-state index in [4.69, 9.17) is 23.2 Å². The van der Waals surface area contributed by atoms with Gasteiger partial charge in [0.2, 0.25) is 5.91 Å². The van der Waals surface area contributed by atoms with Gasteiger partial charge < -0.3 is 5.32 Å². The lowest BCUT2D eigenvalue weighted by Gasteiger charge is -2.07. The van der Waals surface area contributed by atoms with Crippen molar-refractivity contribution in [3.63, 3.8) is 0 Å². The van der Waals surface area contributed by atoms with Gasteiger partial charge in [0.05, 0.1) is 21.5 Å². The number of carbonyl (C=O) groups excluding carboxylic acids is 1. The van der Waals surface area contributed by atoms with Gasteiger partial charge in [-0.15, -0.1) is 0 Å². The Balaban J connectivity index is 1.71. The Kier molecular flexibility index (Phi) is 5.93. The second kappa shape index (κ2) is 8.22. The van der Waals surface area contributed by atoms with E-state index in [0.29, 0.717) is 22.3 Å². The van der Waals surface area contributed by atoms with Gasteiger partial charge in [-0.1, -0.05) is 29.3 Å². The van der Waals surface area contributed by atoms with Crippen LogP contribution in [0.3, 0.4) is 0 Å². The van der Waals surface area contributed by atoms with Crippen LogP contribution in [0.2, 0.25) is 10.0 Å². The molecule has 0 radical (unpaired) electrons. The number of halogens is 2. The van der Waals surface area contributed by atoms with Crippen molar-refractivity contribution in [1.29, 1.82) is 0 Å². The largest absolute Gasteiger partial charge is 0.326 e. The van der Waals surface area contributed by atoms with E-state index in [1.165, 1.54) is 31.2 Å². The van der Waals surface area contributed by atoms with Gasteiger partial charge in [-0.05, 0) is 42.0 Å². The Labute approximate surface area is 172 Å². The van der Waals surface area contributed by atoms with Gasteiger partial charge in [0.15, 0.2) is 5.82 Å². The van der Waals surface area contributed by atoms with E-state index >= 15 is 0 Å². The number of anilines is 2. The van der Waals surface area contributed by atoms with Crippen LogP contribution in [0.25, 0.3) is 0 Å². The highest BCUT2D eigenvalue weighted by Gasteiger charge is 2.16. The topological polar surface area (TPSA) is 93.1 Å². The summed E-state index contributed by atoms with van der Waals surface area (Å²) in [5.41, 5.74) is 1.39. The summed E-state index contributed by atoms with van der Waals surface area (Å²) >= 11 is 11.9. The molecule has 0 spiro atoms. The van der Waals surface area contributed by atoms with E-state index in [-0.39, 0.29) is 16.6 Å². The monoisotopic (exact) mass is 438 g/mol. The number of hydrogen-bond donors (Lipinski definition) is 2. The fourth-order valence-electron chi connectivity index (χ4n) is 2.45. The second-order valence-corrected chi connectivity index (χ2v) is 8.45. The van der Waals surface area contributed by atoms with Crippen LogP contribution in [0.1, 0.15) is 12.5 Å². The highest BCUT2D eigenvalue weighted by molar-refractivity contribution is 7.92. The number of nitrogens with one attached hydrogen (secondary N) is 2. The SMILES string of the molecule is CC(=O)Nc1ccc(S(=O)(=O)Nc2ccn(Cc3ccc(Cl)c(Cl)c3)n2)cc1. The lowest BCUT2D eigenvalue weighted by atomic mass is 10.2. The summed E-state index contributed by atoms with van der Waals surface area (Å²) in [7, 11) is -3.81. The van der Waals surface area contributed by atoms with E-state index in [0.717, 1.165) is 5.56 Å². The minimum Gasteiger partial charge on any atom is -0.326 e. The van der Waals surface area contributed by atoms with E-state index in [2.05, 4.69) is 15.1 Å². The molecule has 146 valence electrons. The number of aromatic nitrogens is 2. The Morgan fingerprint density at radius 1 is 1.07 bits per heavy atom. The highest BCUT2D eigenvalue weighted by atomic mass is 35.5. The van der Waals surface area contributed by atoms with Gasteiger partial charge in [-0.2, -0.15) is 5.10 Å². The van der Waals surface area contributed by atoms with Gasteiger partial charge in [-0.3, -0.25) is 14.2 Å². The van der Waals surface area contributed by atoms with Crippen LogP contribution in [0.5, 0.6) is 0 Å². The molecule has 7 nitrogen and oxygen atoms in total. The molecule has 1 aromatic heterocycles. The number of rotatable bonds is 6. The number of nitrogens with zero attached hydrogens (tertiary/aromatic N) is 2. The summed E-state index contributed by atoms with van der Waals surface area (Å²) in [6.45, 7) is 1.78. The Morgan fingerprint density at radius 3 is 2.43 bits per heavy atom. The first kappa shape index (κ1) is 20.2. The molecule has 1 amide bonds. The Bertz CT molecular complexity index is 1110. The molecular weight excluding hydrogens is 423 g/mol. The smallest absolute Gasteiger partial charge is 0.263 e. The number of carbonyl (C=O) groups is 1. The van der Waals surface area contributed by atoms with Crippen molar-refractivity contribution >= 4 is 50.6 Å². The van der Waals surface area contributed by atoms with Crippen molar-refractivity contribution in [3.8, 4) is 0 Å². The molecule has 0 bridgehead atoms. The molecule has 0 saturated heterocycles. The first-order valence-electron chi connectivity index (χ1n) is 8.11. The van der Waals surface area contributed by atoms with Gasteiger partial charge in [0.1, 0.15) is 0 Å². The van der Waals surface area contributed by atoms with Crippen LogP contribution in [0.15, 0.2) is 59.6 Å². The standard InChI is InChI=1S/C18H16Cl2N4O3S/c1-12(25)21-14-3-5-15(6-4-14)28(26,27)23-18-8-9-24(22-18)11-13-2-7-16(19)17(20)10-13/h2-10H,11H2,1H3,(H,21,25)(H,22,23). The molecule has 0 aliphatic rings. The zero-order valence-electron chi connectivity index (χ0n) is 14.7. The third kappa shape index (κ3) is 5.03. The molecule has 0 atom stereocenters. The quantitative estimate of drug-likeness (QED) is 0.607. The van der Waals surface area contributed by atoms with Crippen molar-refractivity contribution in [3.05, 3.63) is 70.3 Å². The molecule has 0 unspecified atom stereocenters. The summed E-state index contributed by atoms with van der Waals surface area (Å²) in [6, 6.07) is 12.6. The zero-order valence-corrected chi connectivity index (χ0v) is 17.0. The first-order chi connectivity index (χ1) is 13.2. The predicted octanol–water partition coefficient (Wildman–Crippen LogP) is 4.00. The summed E-state index contributed by atoms with van der Waals surface area (Å²) < 4.78 is 29.0. The molecule has 10 heteroatoms. The molecule has 0 saturated carbocycles. The minimum atomic E-state index is -3.81. The van der Waals surface area contributed by atoms with Crippen molar-refractivity contribution in [2.24, 2.45) is 0 Å². The summed E-state index contributed by atoms with van der Waals surface area (Å²) in [5.74, 6) is -0.0488. The number of sulfonamides is 1. The van der Waals surface area contributed by atoms with Crippen LogP contribution < -0.4 is 10.0 Å². The van der Waals surface area contributed by atoms with Crippen molar-refractivity contribution < 1.29 is 13.2 Å². The van der Waals surface area contributed by atoms with Crippen molar-refractivity contribution in [2.75, 3.05) is 10.0 Å². The fraction of sp³-hybridized carbons (Fsp3) is 0.111. The van der Waals surface area contributed by atoms with E-state index < -0.39 is 10.0 Å². The molecule has 3 aromatic rings. The van der Waals surface area contributed by atoms with Crippen molar-refractivity contribution in [1.82, 2.24) is 9.78 Å². The van der Waals surface area contributed by atoms with Crippen LogP contribution in [0, 0.1) is 0 Å². The molecule has 0 aliphatic heterocycles. The number of benzene rings is 2. The molecular formula is C18H16Cl2N4O3S. The van der Waals surface area contributed by atoms with Gasteiger partial charge >= 0.3 is 0 Å². The third-order valence-electron chi connectivity index (χ3n) is 3.69. The number of hydrogen-bond acceptors (Lipinski definition) is 4. The van der Waals surface area contributed by atoms with Crippen LogP contribution >= 0.6 is 23.2 Å². The molecule has 3 rings (SSSR count). The Hall–Kier alpha value is -2.55. The highest BCUT2D eigenvalue weighted by Crippen LogP contribution is 2.23. The first-order valence-corrected chi connectivity index (χ1v) is 10.3. The lowest BCUT2D eigenvalue weighted by molar-refractivity contribution is -0.114. The normalized spacial score (nSPS) is 11.2. The minimum absolute atomic E-state index is 0.0561. The molecule has 1 heterocycles. The third-order valence-corrected chi connectivity index (χ3v) is 5.80. The van der Waals surface area contributed by atoms with E-state index in [1.54, 1.807) is 29.1 Å². The van der Waals surface area contributed by atoms with Crippen LogP contribution in [-0.4, -0.2) is 24.1 Å². The fourth-order valence-corrected chi connectivity index (χ4v) is 3.76. The maximum Gasteiger partial charge on any atom is 0.263 e. The molecule has 2 aromatic carbocycles. The van der Waals surface area contributed by atoms with E-state index in [1.807, 2.05) is 6.07 Å². The average Bonchev–Trinajstić information content (AvgIpc) is 3.04. The zero-order chi connectivity index (χ0) is 20.3. The molecule has 28 heavy (non-hydrogen) atoms. The maximum absolute atomic E-state index is 12.5. The van der Waals surface area contributed by atoms with Gasteiger partial charge in [0, 0.05) is 24.9 Å². The lowest BCUT2D eigenvalue weighted by Crippen LogP contribution is -2.14. The van der Waals surface area contributed by atoms with Gasteiger partial charge in [0.25, 0.3) is 10.0 Å². The van der Waals surface area contributed by atoms with Crippen LogP contribution in [0.4, 0.5) is 11.5 Å². The summed E-state index contributed by atoms with van der Waals surface area (Å²) in [6.07, 6.45) is 1.65. The molecule has 0 aliphatic carbocycles. The van der Waals surface area contributed by atoms with Crippen LogP contribution in [-0.2, 0) is 21.4 Å². The van der Waals surface area contributed by atoms with Gasteiger partial charge in [-0.25, -0.2) is 8.42 Å². The molecule has 0 fully saturated rings.